The van der Waals surface area contributed by atoms with Crippen LogP contribution in [0, 0.1) is 0 Å². The number of nitrogens with zero attached hydrogens (tertiary/aromatic N) is 3. The lowest BCUT2D eigenvalue weighted by molar-refractivity contribution is 0.0540. The van der Waals surface area contributed by atoms with Crippen molar-refractivity contribution in [3.63, 3.8) is 0 Å². The van der Waals surface area contributed by atoms with E-state index in [2.05, 4.69) is 22.4 Å². The summed E-state index contributed by atoms with van der Waals surface area (Å²) >= 11 is 1.69. The summed E-state index contributed by atoms with van der Waals surface area (Å²) in [7, 11) is 0. The molecule has 0 saturated carbocycles. The molecule has 3 nitrogen and oxygen atoms in total. The molecular formula is C17H21F2N3S. The molecule has 0 unspecified atom stereocenters. The van der Waals surface area contributed by atoms with E-state index in [1.54, 1.807) is 11.3 Å². The highest BCUT2D eigenvalue weighted by Gasteiger charge is 2.20. The molecule has 0 radical (unpaired) electrons. The van der Waals surface area contributed by atoms with Gasteiger partial charge in [0.1, 0.15) is 0 Å². The maximum Gasteiger partial charge on any atom is 0.251 e. The van der Waals surface area contributed by atoms with Crippen LogP contribution in [0.5, 0.6) is 0 Å². The molecule has 3 rings (SSSR count). The quantitative estimate of drug-likeness (QED) is 0.807. The molecule has 6 heteroatoms. The fourth-order valence-corrected chi connectivity index (χ4v) is 3.65. The number of alkyl halides is 2. The van der Waals surface area contributed by atoms with E-state index in [0.29, 0.717) is 13.1 Å². The molecule has 0 atom stereocenters. The van der Waals surface area contributed by atoms with Gasteiger partial charge in [0.05, 0.1) is 17.2 Å². The van der Waals surface area contributed by atoms with Crippen LogP contribution in [0.4, 0.5) is 8.78 Å². The van der Waals surface area contributed by atoms with Gasteiger partial charge < -0.3 is 0 Å². The second kappa shape index (κ2) is 7.95. The number of hydrogen-bond acceptors (Lipinski definition) is 4. The topological polar surface area (TPSA) is 19.4 Å². The molecule has 2 aromatic rings. The zero-order valence-electron chi connectivity index (χ0n) is 13.0. The Balaban J connectivity index is 1.48. The average molecular weight is 337 g/mol. The van der Waals surface area contributed by atoms with Crippen molar-refractivity contribution in [3.8, 4) is 0 Å². The number of piperazine rings is 1. The number of benzene rings is 1. The smallest absolute Gasteiger partial charge is 0.251 e. The van der Waals surface area contributed by atoms with Crippen molar-refractivity contribution in [2.24, 2.45) is 0 Å². The van der Waals surface area contributed by atoms with E-state index in [1.807, 2.05) is 23.1 Å². The van der Waals surface area contributed by atoms with E-state index in [4.69, 9.17) is 4.98 Å². The maximum atomic E-state index is 12.4. The third-order valence-corrected chi connectivity index (χ3v) is 4.94. The van der Waals surface area contributed by atoms with Crippen molar-refractivity contribution >= 4 is 11.3 Å². The minimum Gasteiger partial charge on any atom is -0.295 e. The molecule has 1 aromatic carbocycles. The SMILES string of the molecule is FC(F)CN1CCN(Cc2csc(Cc3ccccc3)n2)CC1. The second-order valence-electron chi connectivity index (χ2n) is 5.86. The molecule has 1 fully saturated rings. The Morgan fingerprint density at radius 1 is 1.04 bits per heavy atom. The number of hydrogen-bond donors (Lipinski definition) is 0. The van der Waals surface area contributed by atoms with Crippen LogP contribution in [0.3, 0.4) is 0 Å². The van der Waals surface area contributed by atoms with Gasteiger partial charge in [-0.2, -0.15) is 0 Å². The highest BCUT2D eigenvalue weighted by Crippen LogP contribution is 2.17. The first-order valence-electron chi connectivity index (χ1n) is 7.89. The molecule has 0 spiro atoms. The number of aromatic nitrogens is 1. The summed E-state index contributed by atoms with van der Waals surface area (Å²) in [5.41, 5.74) is 2.36. The Kier molecular flexibility index (Phi) is 5.70. The van der Waals surface area contributed by atoms with Gasteiger partial charge in [-0.05, 0) is 5.56 Å². The van der Waals surface area contributed by atoms with E-state index in [1.165, 1.54) is 5.56 Å². The van der Waals surface area contributed by atoms with Crippen LogP contribution >= 0.6 is 11.3 Å². The van der Waals surface area contributed by atoms with Crippen LogP contribution in [-0.2, 0) is 13.0 Å². The molecule has 0 amide bonds. The van der Waals surface area contributed by atoms with E-state index < -0.39 is 6.43 Å². The maximum absolute atomic E-state index is 12.4. The van der Waals surface area contributed by atoms with E-state index in [9.17, 15) is 8.78 Å². The molecule has 23 heavy (non-hydrogen) atoms. The van der Waals surface area contributed by atoms with Crippen LogP contribution in [-0.4, -0.2) is 53.9 Å². The predicted molar refractivity (Wildman–Crippen MR) is 89.1 cm³/mol. The predicted octanol–water partition coefficient (Wildman–Crippen LogP) is 3.12. The lowest BCUT2D eigenvalue weighted by atomic mass is 10.2. The zero-order chi connectivity index (χ0) is 16.1. The van der Waals surface area contributed by atoms with Gasteiger partial charge in [-0.25, -0.2) is 13.8 Å². The van der Waals surface area contributed by atoms with Crippen LogP contribution in [0.1, 0.15) is 16.3 Å². The van der Waals surface area contributed by atoms with E-state index in [0.717, 1.165) is 36.8 Å². The van der Waals surface area contributed by atoms with Crippen LogP contribution in [0.15, 0.2) is 35.7 Å². The fraction of sp³-hybridized carbons (Fsp3) is 0.471. The van der Waals surface area contributed by atoms with Gasteiger partial charge in [-0.3, -0.25) is 9.80 Å². The molecule has 1 aliphatic rings. The Morgan fingerprint density at radius 3 is 2.43 bits per heavy atom. The fourth-order valence-electron chi connectivity index (χ4n) is 2.83. The van der Waals surface area contributed by atoms with Gasteiger partial charge >= 0.3 is 0 Å². The van der Waals surface area contributed by atoms with Crippen molar-refractivity contribution in [1.29, 1.82) is 0 Å². The first-order valence-corrected chi connectivity index (χ1v) is 8.77. The summed E-state index contributed by atoms with van der Waals surface area (Å²) < 4.78 is 24.8. The summed E-state index contributed by atoms with van der Waals surface area (Å²) in [6.45, 7) is 3.80. The van der Waals surface area contributed by atoms with E-state index in [-0.39, 0.29) is 6.54 Å². The third-order valence-electron chi connectivity index (χ3n) is 4.04. The van der Waals surface area contributed by atoms with Gasteiger partial charge in [-0.1, -0.05) is 30.3 Å². The minimum absolute atomic E-state index is 0.105. The van der Waals surface area contributed by atoms with E-state index >= 15 is 0 Å². The highest BCUT2D eigenvalue weighted by molar-refractivity contribution is 7.09. The standard InChI is InChI=1S/C17H21F2N3S/c18-16(19)12-22-8-6-21(7-9-22)11-15-13-23-17(20-15)10-14-4-2-1-3-5-14/h1-5,13,16H,6-12H2. The molecule has 0 bridgehead atoms. The first kappa shape index (κ1) is 16.5. The summed E-state index contributed by atoms with van der Waals surface area (Å²) in [6, 6.07) is 10.3. The summed E-state index contributed by atoms with van der Waals surface area (Å²) in [5.74, 6) is 0. The lowest BCUT2D eigenvalue weighted by Gasteiger charge is -2.34. The largest absolute Gasteiger partial charge is 0.295 e. The molecule has 124 valence electrons. The third kappa shape index (κ3) is 5.06. The van der Waals surface area contributed by atoms with Crippen molar-refractivity contribution < 1.29 is 8.78 Å². The molecule has 2 heterocycles. The number of rotatable bonds is 6. The molecule has 0 N–H and O–H groups in total. The van der Waals surface area contributed by atoms with Crippen LogP contribution < -0.4 is 0 Å². The van der Waals surface area contributed by atoms with Crippen molar-refractivity contribution in [1.82, 2.24) is 14.8 Å². The summed E-state index contributed by atoms with van der Waals surface area (Å²) in [4.78, 5) is 8.84. The molecule has 0 aliphatic carbocycles. The van der Waals surface area contributed by atoms with Crippen LogP contribution in [0.25, 0.3) is 0 Å². The van der Waals surface area contributed by atoms with Crippen molar-refractivity contribution in [2.75, 3.05) is 32.7 Å². The Bertz CT molecular complexity index is 595. The zero-order valence-corrected chi connectivity index (χ0v) is 13.8. The number of halogens is 2. The Hall–Kier alpha value is -1.37. The molecule has 1 saturated heterocycles. The van der Waals surface area contributed by atoms with Crippen molar-refractivity contribution in [3.05, 3.63) is 52.0 Å². The van der Waals surface area contributed by atoms with Gasteiger partial charge in [0.25, 0.3) is 6.43 Å². The van der Waals surface area contributed by atoms with Crippen molar-refractivity contribution in [2.45, 2.75) is 19.4 Å². The summed E-state index contributed by atoms with van der Waals surface area (Å²) in [6.07, 6.45) is -1.37. The summed E-state index contributed by atoms with van der Waals surface area (Å²) in [5, 5.41) is 3.24. The van der Waals surface area contributed by atoms with Crippen LogP contribution in [0.2, 0.25) is 0 Å². The average Bonchev–Trinajstić information content (AvgIpc) is 2.97. The molecular weight excluding hydrogens is 316 g/mol. The normalized spacial score (nSPS) is 17.0. The lowest BCUT2D eigenvalue weighted by Crippen LogP contribution is -2.47. The van der Waals surface area contributed by atoms with Gasteiger partial charge in [0.15, 0.2) is 0 Å². The second-order valence-corrected chi connectivity index (χ2v) is 6.81. The van der Waals surface area contributed by atoms with Gasteiger partial charge in [-0.15, -0.1) is 11.3 Å². The monoisotopic (exact) mass is 337 g/mol. The number of thiazole rings is 1. The van der Waals surface area contributed by atoms with Gasteiger partial charge in [0.2, 0.25) is 0 Å². The Morgan fingerprint density at radius 2 is 1.74 bits per heavy atom. The molecule has 1 aliphatic heterocycles. The first-order chi connectivity index (χ1) is 11.2. The molecule has 1 aromatic heterocycles. The highest BCUT2D eigenvalue weighted by atomic mass is 32.1. The Labute approximate surface area is 139 Å². The van der Waals surface area contributed by atoms with Gasteiger partial charge in [0, 0.05) is 44.5 Å². The minimum atomic E-state index is -2.24.